The molecule has 1 saturated carbocycles. The van der Waals surface area contributed by atoms with Crippen LogP contribution in [0.15, 0.2) is 0 Å². The summed E-state index contributed by atoms with van der Waals surface area (Å²) >= 11 is 5.37. The van der Waals surface area contributed by atoms with Gasteiger partial charge < -0.3 is 4.90 Å². The van der Waals surface area contributed by atoms with Gasteiger partial charge in [0.1, 0.15) is 0 Å². The van der Waals surface area contributed by atoms with Crippen LogP contribution >= 0.6 is 11.6 Å². The Hall–Kier alpha value is -0.240. The molecule has 1 heterocycles. The number of hydrogen-bond donors (Lipinski definition) is 0. The van der Waals surface area contributed by atoms with Crippen LogP contribution < -0.4 is 0 Å². The van der Waals surface area contributed by atoms with E-state index >= 15 is 0 Å². The van der Waals surface area contributed by atoms with Gasteiger partial charge in [0.15, 0.2) is 0 Å². The zero-order valence-corrected chi connectivity index (χ0v) is 7.94. The van der Waals surface area contributed by atoms with Crippen LogP contribution in [-0.4, -0.2) is 23.4 Å². The third kappa shape index (κ3) is 1.33. The summed E-state index contributed by atoms with van der Waals surface area (Å²) in [6.45, 7) is 1.82. The molecule has 2 fully saturated rings. The van der Waals surface area contributed by atoms with Crippen molar-refractivity contribution >= 4 is 17.0 Å². The van der Waals surface area contributed by atoms with E-state index in [0.717, 1.165) is 13.1 Å². The Balaban J connectivity index is 1.88. The maximum atomic E-state index is 10.7. The molecular weight excluding hydrogens is 174 g/mol. The highest BCUT2D eigenvalue weighted by atomic mass is 35.5. The number of likely N-dealkylation sites (tertiary alicyclic amines) is 1. The van der Waals surface area contributed by atoms with E-state index in [1.165, 1.54) is 32.1 Å². The fourth-order valence-electron chi connectivity index (χ4n) is 2.51. The summed E-state index contributed by atoms with van der Waals surface area (Å²) in [6, 6.07) is 0. The van der Waals surface area contributed by atoms with Crippen molar-refractivity contribution in [2.24, 2.45) is 5.41 Å². The molecule has 0 aromatic rings. The van der Waals surface area contributed by atoms with Crippen LogP contribution in [0.4, 0.5) is 4.79 Å². The first-order valence-electron chi connectivity index (χ1n) is 4.66. The van der Waals surface area contributed by atoms with Crippen LogP contribution in [0.1, 0.15) is 32.1 Å². The third-order valence-electron chi connectivity index (χ3n) is 3.22. The van der Waals surface area contributed by atoms with Crippen molar-refractivity contribution in [3.8, 4) is 0 Å². The smallest absolute Gasteiger partial charge is 0.316 e. The first-order valence-corrected chi connectivity index (χ1v) is 5.04. The Bertz CT molecular complexity index is 191. The maximum absolute atomic E-state index is 10.7. The highest BCUT2D eigenvalue weighted by Gasteiger charge is 2.44. The van der Waals surface area contributed by atoms with Gasteiger partial charge >= 0.3 is 5.37 Å². The molecule has 0 aromatic carbocycles. The number of carbonyl (C=O) groups excluding carboxylic acids is 1. The Morgan fingerprint density at radius 2 is 1.75 bits per heavy atom. The van der Waals surface area contributed by atoms with Crippen molar-refractivity contribution in [3.05, 3.63) is 0 Å². The molecule has 0 N–H and O–H groups in total. The second-order valence-corrected chi connectivity index (χ2v) is 4.49. The largest absolute Gasteiger partial charge is 0.328 e. The van der Waals surface area contributed by atoms with Crippen LogP contribution in [0.3, 0.4) is 0 Å². The summed E-state index contributed by atoms with van der Waals surface area (Å²) in [5, 5.41) is -0.272. The van der Waals surface area contributed by atoms with Crippen LogP contribution in [0.25, 0.3) is 0 Å². The van der Waals surface area contributed by atoms with Gasteiger partial charge in [-0.3, -0.25) is 4.79 Å². The van der Waals surface area contributed by atoms with Gasteiger partial charge in [-0.25, -0.2) is 0 Å². The Kier molecular flexibility index (Phi) is 2.03. The minimum atomic E-state index is -0.272. The molecule has 2 aliphatic rings. The Morgan fingerprint density at radius 3 is 2.25 bits per heavy atom. The fourth-order valence-corrected chi connectivity index (χ4v) is 2.63. The molecule has 1 aliphatic carbocycles. The minimum Gasteiger partial charge on any atom is -0.328 e. The lowest BCUT2D eigenvalue weighted by Crippen LogP contribution is -2.57. The predicted octanol–water partition coefficient (Wildman–Crippen LogP) is 2.61. The summed E-state index contributed by atoms with van der Waals surface area (Å²) in [4.78, 5) is 12.5. The summed E-state index contributed by atoms with van der Waals surface area (Å²) in [6.07, 6.45) is 6.65. The van der Waals surface area contributed by atoms with E-state index in [2.05, 4.69) is 0 Å². The van der Waals surface area contributed by atoms with Gasteiger partial charge in [-0.05, 0) is 24.4 Å². The molecule has 1 aliphatic heterocycles. The van der Waals surface area contributed by atoms with Crippen molar-refractivity contribution in [2.45, 2.75) is 32.1 Å². The lowest BCUT2D eigenvalue weighted by Gasteiger charge is -2.51. The zero-order valence-electron chi connectivity index (χ0n) is 7.18. The quantitative estimate of drug-likeness (QED) is 0.422. The average molecular weight is 188 g/mol. The fraction of sp³-hybridized carbons (Fsp3) is 0.889. The molecule has 1 spiro atoms. The van der Waals surface area contributed by atoms with Crippen LogP contribution in [0.5, 0.6) is 0 Å². The van der Waals surface area contributed by atoms with Crippen molar-refractivity contribution in [1.29, 1.82) is 0 Å². The molecule has 0 bridgehead atoms. The molecule has 0 unspecified atom stereocenters. The topological polar surface area (TPSA) is 20.3 Å². The van der Waals surface area contributed by atoms with Crippen LogP contribution in [0, 0.1) is 5.41 Å². The van der Waals surface area contributed by atoms with E-state index in [1.54, 1.807) is 4.90 Å². The number of amides is 1. The van der Waals surface area contributed by atoms with E-state index in [-0.39, 0.29) is 5.37 Å². The molecule has 0 radical (unpaired) electrons. The zero-order chi connectivity index (χ0) is 8.60. The monoisotopic (exact) mass is 187 g/mol. The van der Waals surface area contributed by atoms with Gasteiger partial charge in [-0.2, -0.15) is 0 Å². The van der Waals surface area contributed by atoms with Gasteiger partial charge in [0, 0.05) is 18.5 Å². The Morgan fingerprint density at radius 1 is 1.17 bits per heavy atom. The molecule has 2 nitrogen and oxygen atoms in total. The molecule has 3 heteroatoms. The summed E-state index contributed by atoms with van der Waals surface area (Å²) in [5.74, 6) is 0. The van der Waals surface area contributed by atoms with Gasteiger partial charge in [-0.1, -0.05) is 19.3 Å². The van der Waals surface area contributed by atoms with Gasteiger partial charge in [0.05, 0.1) is 0 Å². The average Bonchev–Trinajstić information content (AvgIpc) is 2.01. The highest BCUT2D eigenvalue weighted by molar-refractivity contribution is 6.62. The van der Waals surface area contributed by atoms with Gasteiger partial charge in [-0.15, -0.1) is 0 Å². The van der Waals surface area contributed by atoms with Crippen LogP contribution in [0.2, 0.25) is 0 Å². The number of hydrogen-bond acceptors (Lipinski definition) is 1. The number of halogens is 1. The predicted molar refractivity (Wildman–Crippen MR) is 48.3 cm³/mol. The molecule has 1 saturated heterocycles. The van der Waals surface area contributed by atoms with Crippen molar-refractivity contribution in [2.75, 3.05) is 13.1 Å². The maximum Gasteiger partial charge on any atom is 0.316 e. The van der Waals surface area contributed by atoms with Crippen LogP contribution in [-0.2, 0) is 0 Å². The molecule has 2 rings (SSSR count). The third-order valence-corrected chi connectivity index (χ3v) is 3.45. The van der Waals surface area contributed by atoms with E-state index in [0.29, 0.717) is 5.41 Å². The van der Waals surface area contributed by atoms with E-state index in [9.17, 15) is 4.79 Å². The van der Waals surface area contributed by atoms with Crippen molar-refractivity contribution in [3.63, 3.8) is 0 Å². The molecular formula is C9H14ClNO. The highest BCUT2D eigenvalue weighted by Crippen LogP contribution is 2.43. The lowest BCUT2D eigenvalue weighted by molar-refractivity contribution is 0.00862. The normalized spacial score (nSPS) is 26.9. The summed E-state index contributed by atoms with van der Waals surface area (Å²) in [5.41, 5.74) is 0.475. The van der Waals surface area contributed by atoms with Crippen molar-refractivity contribution < 1.29 is 4.79 Å². The standard InChI is InChI=1S/C9H14ClNO/c10-8(12)11-6-9(7-11)4-2-1-3-5-9/h1-7H2. The van der Waals surface area contributed by atoms with Gasteiger partial charge in [0.25, 0.3) is 0 Å². The lowest BCUT2D eigenvalue weighted by atomic mass is 9.69. The molecule has 1 amide bonds. The van der Waals surface area contributed by atoms with Crippen molar-refractivity contribution in [1.82, 2.24) is 4.90 Å². The number of rotatable bonds is 0. The summed E-state index contributed by atoms with van der Waals surface area (Å²) in [7, 11) is 0. The first-order chi connectivity index (χ1) is 5.72. The minimum absolute atomic E-state index is 0.272. The Labute approximate surface area is 77.9 Å². The molecule has 0 atom stereocenters. The van der Waals surface area contributed by atoms with E-state index < -0.39 is 0 Å². The first kappa shape index (κ1) is 8.36. The summed E-state index contributed by atoms with van der Waals surface area (Å²) < 4.78 is 0. The second-order valence-electron chi connectivity index (χ2n) is 4.17. The number of carbonyl (C=O) groups is 1. The number of nitrogens with zero attached hydrogens (tertiary/aromatic N) is 1. The van der Waals surface area contributed by atoms with E-state index in [1.807, 2.05) is 0 Å². The molecule has 12 heavy (non-hydrogen) atoms. The van der Waals surface area contributed by atoms with E-state index in [4.69, 9.17) is 11.6 Å². The van der Waals surface area contributed by atoms with Gasteiger partial charge in [0.2, 0.25) is 0 Å². The molecule has 68 valence electrons. The SMILES string of the molecule is O=C(Cl)N1CC2(CCCCC2)C1. The molecule has 0 aromatic heterocycles. The second kappa shape index (κ2) is 2.91.